The minimum absolute atomic E-state index is 0.0487. The van der Waals surface area contributed by atoms with Crippen molar-refractivity contribution in [2.45, 2.75) is 18.2 Å². The van der Waals surface area contributed by atoms with Crippen molar-refractivity contribution < 1.29 is 13.2 Å². The van der Waals surface area contributed by atoms with Gasteiger partial charge in [0.05, 0.1) is 15.8 Å². The van der Waals surface area contributed by atoms with Gasteiger partial charge in [0, 0.05) is 13.1 Å². The Hall–Kier alpha value is -0.100. The van der Waals surface area contributed by atoms with E-state index >= 15 is 0 Å². The Kier molecular flexibility index (Phi) is 3.26. The predicted octanol–water partition coefficient (Wildman–Crippen LogP) is 0.417. The molecule has 0 unspecified atom stereocenters. The third-order valence-electron chi connectivity index (χ3n) is 2.14. The van der Waals surface area contributed by atoms with Crippen molar-refractivity contribution >= 4 is 31.7 Å². The average molecular weight is 284 g/mol. The molecule has 1 heterocycles. The number of hydrogen-bond acceptors (Lipinski definition) is 3. The van der Waals surface area contributed by atoms with Crippen LogP contribution >= 0.6 is 15.9 Å². The van der Waals surface area contributed by atoms with E-state index in [9.17, 15) is 13.2 Å². The maximum atomic E-state index is 11.7. The number of amides is 1. The number of rotatable bonds is 1. The molecule has 0 atom stereocenters. The smallest absolute Gasteiger partial charge is 0.238 e. The van der Waals surface area contributed by atoms with Crippen LogP contribution in [0, 0.1) is 0 Å². The fraction of sp³-hybridized carbons (Fsp3) is 0.875. The number of hydrogen-bond donors (Lipinski definition) is 0. The van der Waals surface area contributed by atoms with Crippen molar-refractivity contribution in [1.29, 1.82) is 0 Å². The summed E-state index contributed by atoms with van der Waals surface area (Å²) in [5, 5.41) is 0. The SMILES string of the molecule is CC(C)(Br)C(=O)N1CCS(=O)(=O)CC1. The predicted molar refractivity (Wildman–Crippen MR) is 58.2 cm³/mol. The minimum atomic E-state index is -2.90. The Morgan fingerprint density at radius 1 is 1.29 bits per heavy atom. The maximum Gasteiger partial charge on any atom is 0.238 e. The summed E-state index contributed by atoms with van der Waals surface area (Å²) in [4.78, 5) is 13.3. The number of sulfone groups is 1. The third-order valence-corrected chi connectivity index (χ3v) is 4.09. The molecule has 0 N–H and O–H groups in total. The van der Waals surface area contributed by atoms with Gasteiger partial charge in [0.25, 0.3) is 0 Å². The van der Waals surface area contributed by atoms with Gasteiger partial charge >= 0.3 is 0 Å². The van der Waals surface area contributed by atoms with E-state index in [0.29, 0.717) is 13.1 Å². The molecule has 0 radical (unpaired) electrons. The Bertz CT molecular complexity index is 317. The summed E-state index contributed by atoms with van der Waals surface area (Å²) < 4.78 is 21.6. The summed E-state index contributed by atoms with van der Waals surface area (Å²) in [5.74, 6) is 0.122. The van der Waals surface area contributed by atoms with Crippen molar-refractivity contribution in [2.75, 3.05) is 24.6 Å². The molecule has 1 amide bonds. The first-order chi connectivity index (χ1) is 6.22. The van der Waals surface area contributed by atoms with Gasteiger partial charge in [0.2, 0.25) is 5.91 Å². The highest BCUT2D eigenvalue weighted by Gasteiger charge is 2.32. The number of carbonyl (C=O) groups is 1. The lowest BCUT2D eigenvalue weighted by Crippen LogP contribution is -2.49. The molecule has 14 heavy (non-hydrogen) atoms. The van der Waals surface area contributed by atoms with Gasteiger partial charge < -0.3 is 4.90 Å². The van der Waals surface area contributed by atoms with Crippen molar-refractivity contribution in [3.8, 4) is 0 Å². The number of nitrogens with zero attached hydrogens (tertiary/aromatic N) is 1. The van der Waals surface area contributed by atoms with E-state index in [2.05, 4.69) is 15.9 Å². The van der Waals surface area contributed by atoms with E-state index in [1.54, 1.807) is 18.7 Å². The molecule has 1 saturated heterocycles. The standard InChI is InChI=1S/C8H14BrNO3S/c1-8(2,9)7(11)10-3-5-14(12,13)6-4-10/h3-6H2,1-2H3. The molecule has 1 aliphatic heterocycles. The van der Waals surface area contributed by atoms with Crippen LogP contribution in [0.4, 0.5) is 0 Å². The van der Waals surface area contributed by atoms with Gasteiger partial charge in [-0.25, -0.2) is 8.42 Å². The molecule has 82 valence electrons. The van der Waals surface area contributed by atoms with Gasteiger partial charge in [0.15, 0.2) is 9.84 Å². The van der Waals surface area contributed by atoms with Gasteiger partial charge in [-0.3, -0.25) is 4.79 Å². The Morgan fingerprint density at radius 3 is 2.07 bits per heavy atom. The fourth-order valence-corrected chi connectivity index (χ4v) is 2.74. The summed E-state index contributed by atoms with van der Waals surface area (Å²) in [6.45, 7) is 4.16. The van der Waals surface area contributed by atoms with Gasteiger partial charge in [-0.15, -0.1) is 0 Å². The van der Waals surface area contributed by atoms with Crippen molar-refractivity contribution in [2.24, 2.45) is 0 Å². The van der Waals surface area contributed by atoms with Crippen LogP contribution in [-0.4, -0.2) is 48.1 Å². The molecule has 0 saturated carbocycles. The lowest BCUT2D eigenvalue weighted by molar-refractivity contribution is -0.132. The first-order valence-electron chi connectivity index (χ1n) is 4.41. The molecule has 6 heteroatoms. The average Bonchev–Trinajstić information content (AvgIpc) is 2.01. The zero-order valence-electron chi connectivity index (χ0n) is 8.29. The van der Waals surface area contributed by atoms with E-state index in [-0.39, 0.29) is 17.4 Å². The molecule has 0 aliphatic carbocycles. The monoisotopic (exact) mass is 283 g/mol. The van der Waals surface area contributed by atoms with E-state index in [4.69, 9.17) is 0 Å². The fourth-order valence-electron chi connectivity index (χ4n) is 1.29. The van der Waals surface area contributed by atoms with Gasteiger partial charge in [0.1, 0.15) is 0 Å². The molecule has 4 nitrogen and oxygen atoms in total. The Balaban J connectivity index is 2.63. The number of alkyl halides is 1. The Morgan fingerprint density at radius 2 is 1.71 bits per heavy atom. The van der Waals surface area contributed by atoms with Crippen LogP contribution in [0.25, 0.3) is 0 Å². The normalized spacial score (nSPS) is 22.1. The topological polar surface area (TPSA) is 54.5 Å². The molecular weight excluding hydrogens is 270 g/mol. The van der Waals surface area contributed by atoms with Crippen LogP contribution in [0.5, 0.6) is 0 Å². The number of halogens is 1. The van der Waals surface area contributed by atoms with E-state index in [0.717, 1.165) is 0 Å². The highest BCUT2D eigenvalue weighted by molar-refractivity contribution is 9.10. The molecule has 0 spiro atoms. The highest BCUT2D eigenvalue weighted by atomic mass is 79.9. The lowest BCUT2D eigenvalue weighted by atomic mass is 10.2. The molecule has 1 aliphatic rings. The molecule has 1 rings (SSSR count). The van der Waals surface area contributed by atoms with Crippen LogP contribution in [0.2, 0.25) is 0 Å². The molecule has 0 aromatic rings. The van der Waals surface area contributed by atoms with Crippen LogP contribution in [0.15, 0.2) is 0 Å². The van der Waals surface area contributed by atoms with Crippen molar-refractivity contribution in [3.05, 3.63) is 0 Å². The first-order valence-corrected chi connectivity index (χ1v) is 7.02. The maximum absolute atomic E-state index is 11.7. The second-order valence-corrected chi connectivity index (χ2v) is 8.20. The number of carbonyl (C=O) groups excluding carboxylic acids is 1. The molecule has 0 aromatic heterocycles. The van der Waals surface area contributed by atoms with E-state index in [1.165, 1.54) is 0 Å². The largest absolute Gasteiger partial charge is 0.339 e. The van der Waals surface area contributed by atoms with E-state index in [1.807, 2.05) is 0 Å². The van der Waals surface area contributed by atoms with Crippen molar-refractivity contribution in [1.82, 2.24) is 4.90 Å². The summed E-state index contributed by atoms with van der Waals surface area (Å²) in [7, 11) is -2.90. The molecule has 0 bridgehead atoms. The van der Waals surface area contributed by atoms with Crippen molar-refractivity contribution in [3.63, 3.8) is 0 Å². The highest BCUT2D eigenvalue weighted by Crippen LogP contribution is 2.20. The Labute approximate surface area is 92.7 Å². The summed E-state index contributed by atoms with van der Waals surface area (Å²) >= 11 is 3.27. The lowest BCUT2D eigenvalue weighted by Gasteiger charge is -2.31. The van der Waals surface area contributed by atoms with Gasteiger partial charge in [-0.05, 0) is 13.8 Å². The van der Waals surface area contributed by atoms with E-state index < -0.39 is 14.2 Å². The quantitative estimate of drug-likeness (QED) is 0.656. The minimum Gasteiger partial charge on any atom is -0.339 e. The van der Waals surface area contributed by atoms with Crippen LogP contribution in [0.3, 0.4) is 0 Å². The third kappa shape index (κ3) is 2.95. The molecule has 1 fully saturated rings. The second-order valence-electron chi connectivity index (χ2n) is 3.92. The first kappa shape index (κ1) is 12.0. The van der Waals surface area contributed by atoms with Crippen LogP contribution in [0.1, 0.15) is 13.8 Å². The summed E-state index contributed by atoms with van der Waals surface area (Å²) in [5.41, 5.74) is 0. The van der Waals surface area contributed by atoms with Gasteiger partial charge in [-0.2, -0.15) is 0 Å². The second kappa shape index (κ2) is 3.81. The van der Waals surface area contributed by atoms with Gasteiger partial charge in [-0.1, -0.05) is 15.9 Å². The summed E-state index contributed by atoms with van der Waals surface area (Å²) in [6, 6.07) is 0. The zero-order valence-corrected chi connectivity index (χ0v) is 10.7. The summed E-state index contributed by atoms with van der Waals surface area (Å²) in [6.07, 6.45) is 0. The van der Waals surface area contributed by atoms with Crippen LogP contribution < -0.4 is 0 Å². The molecule has 0 aromatic carbocycles. The molecular formula is C8H14BrNO3S. The van der Waals surface area contributed by atoms with Crippen LogP contribution in [-0.2, 0) is 14.6 Å². The zero-order chi connectivity index (χ0) is 11.0.